The largest absolute Gasteiger partial charge is 0.495 e. The average molecular weight is 324 g/mol. The van der Waals surface area contributed by atoms with Gasteiger partial charge in [0.15, 0.2) is 11.7 Å². The third kappa shape index (κ3) is 2.86. The number of nitrogens with zero attached hydrogens (tertiary/aromatic N) is 1. The molecule has 2 aromatic carbocycles. The fourth-order valence-electron chi connectivity index (χ4n) is 2.66. The first-order valence-electron chi connectivity index (χ1n) is 7.45. The van der Waals surface area contributed by atoms with Gasteiger partial charge in [0.25, 0.3) is 0 Å². The molecule has 0 saturated carbocycles. The summed E-state index contributed by atoms with van der Waals surface area (Å²) in [5.41, 5.74) is 1.02. The van der Waals surface area contributed by atoms with Crippen LogP contribution in [0.2, 0.25) is 0 Å². The van der Waals surface area contributed by atoms with E-state index >= 15 is 0 Å². The lowest BCUT2D eigenvalue weighted by Crippen LogP contribution is -2.34. The second kappa shape index (κ2) is 6.54. The predicted molar refractivity (Wildman–Crippen MR) is 88.9 cm³/mol. The molecular formula is C18H16N2O4. The molecule has 0 spiro atoms. The maximum absolute atomic E-state index is 12.5. The van der Waals surface area contributed by atoms with E-state index in [0.717, 1.165) is 0 Å². The van der Waals surface area contributed by atoms with Crippen LogP contribution in [0.1, 0.15) is 0 Å². The van der Waals surface area contributed by atoms with E-state index in [4.69, 9.17) is 4.74 Å². The van der Waals surface area contributed by atoms with Gasteiger partial charge in [0, 0.05) is 5.69 Å². The van der Waals surface area contributed by atoms with Crippen molar-refractivity contribution in [1.82, 2.24) is 0 Å². The first kappa shape index (κ1) is 15.7. The summed E-state index contributed by atoms with van der Waals surface area (Å²) in [5, 5.41) is 2.60. The lowest BCUT2D eigenvalue weighted by molar-refractivity contribution is -0.134. The standard InChI is InChI=1S/C18H16N2O4/c1-24-15-10-6-5-9-13(15)19-17(22)16-14(21)11-20(18(16)23)12-7-3-2-4-8-12/h2-10,16H,11H2,1H3,(H,19,22)/t16-/m0/s1. The van der Waals surface area contributed by atoms with Crippen molar-refractivity contribution in [3.63, 3.8) is 0 Å². The molecule has 2 amide bonds. The SMILES string of the molecule is COc1ccccc1NC(=O)[C@@H]1C(=O)CN(c2ccccc2)C1=O. The van der Waals surface area contributed by atoms with Crippen LogP contribution in [-0.2, 0) is 14.4 Å². The van der Waals surface area contributed by atoms with Crippen LogP contribution in [0.3, 0.4) is 0 Å². The van der Waals surface area contributed by atoms with E-state index in [1.54, 1.807) is 48.5 Å². The normalized spacial score (nSPS) is 17.0. The lowest BCUT2D eigenvalue weighted by atomic mass is 10.1. The third-order valence-corrected chi connectivity index (χ3v) is 3.84. The minimum atomic E-state index is -1.34. The van der Waals surface area contributed by atoms with Crippen LogP contribution in [-0.4, -0.2) is 31.3 Å². The van der Waals surface area contributed by atoms with E-state index in [0.29, 0.717) is 17.1 Å². The van der Waals surface area contributed by atoms with Gasteiger partial charge in [-0.15, -0.1) is 0 Å². The summed E-state index contributed by atoms with van der Waals surface area (Å²) in [5.74, 6) is -2.46. The highest BCUT2D eigenvalue weighted by molar-refractivity contribution is 6.30. The second-order valence-corrected chi connectivity index (χ2v) is 5.35. The molecule has 1 aliphatic heterocycles. The van der Waals surface area contributed by atoms with E-state index in [1.807, 2.05) is 6.07 Å². The molecule has 1 saturated heterocycles. The van der Waals surface area contributed by atoms with Crippen LogP contribution < -0.4 is 15.0 Å². The monoisotopic (exact) mass is 324 g/mol. The predicted octanol–water partition coefficient (Wildman–Crippen LogP) is 1.87. The number of Topliss-reactive ketones (excluding diaryl/α,β-unsaturated/α-hetero) is 1. The Morgan fingerprint density at radius 1 is 1.08 bits per heavy atom. The van der Waals surface area contributed by atoms with Gasteiger partial charge in [0.2, 0.25) is 11.8 Å². The number of amides is 2. The number of ketones is 1. The van der Waals surface area contributed by atoms with Crippen molar-refractivity contribution < 1.29 is 19.1 Å². The van der Waals surface area contributed by atoms with Crippen LogP contribution >= 0.6 is 0 Å². The van der Waals surface area contributed by atoms with Crippen molar-refractivity contribution in [3.8, 4) is 5.75 Å². The van der Waals surface area contributed by atoms with Crippen LogP contribution in [0.15, 0.2) is 54.6 Å². The third-order valence-electron chi connectivity index (χ3n) is 3.84. The molecule has 1 N–H and O–H groups in total. The van der Waals surface area contributed by atoms with Gasteiger partial charge in [-0.05, 0) is 24.3 Å². The van der Waals surface area contributed by atoms with Crippen molar-refractivity contribution in [3.05, 3.63) is 54.6 Å². The molecule has 3 rings (SSSR count). The Bertz CT molecular complexity index is 789. The summed E-state index contributed by atoms with van der Waals surface area (Å²) < 4.78 is 5.16. The Morgan fingerprint density at radius 3 is 2.46 bits per heavy atom. The summed E-state index contributed by atoms with van der Waals surface area (Å²) in [6, 6.07) is 15.6. The number of nitrogens with one attached hydrogen (secondary N) is 1. The van der Waals surface area contributed by atoms with Gasteiger partial charge in [-0.25, -0.2) is 0 Å². The number of carbonyl (C=O) groups is 3. The molecule has 0 aliphatic carbocycles. The van der Waals surface area contributed by atoms with E-state index in [2.05, 4.69) is 5.32 Å². The molecule has 1 fully saturated rings. The van der Waals surface area contributed by atoms with E-state index in [-0.39, 0.29) is 6.54 Å². The van der Waals surface area contributed by atoms with Gasteiger partial charge < -0.3 is 15.0 Å². The number of benzene rings is 2. The summed E-state index contributed by atoms with van der Waals surface area (Å²) in [7, 11) is 1.48. The number of methoxy groups -OCH3 is 1. The highest BCUT2D eigenvalue weighted by Gasteiger charge is 2.44. The van der Waals surface area contributed by atoms with Gasteiger partial charge in [0.1, 0.15) is 5.75 Å². The van der Waals surface area contributed by atoms with Gasteiger partial charge in [-0.2, -0.15) is 0 Å². The van der Waals surface area contributed by atoms with E-state index in [1.165, 1.54) is 12.0 Å². The quantitative estimate of drug-likeness (QED) is 0.871. The Balaban J connectivity index is 1.80. The number of rotatable bonds is 4. The molecule has 1 heterocycles. The Labute approximate surface area is 139 Å². The van der Waals surface area contributed by atoms with Crippen LogP contribution in [0.25, 0.3) is 0 Å². The summed E-state index contributed by atoms with van der Waals surface area (Å²) in [4.78, 5) is 38.5. The molecule has 6 heteroatoms. The summed E-state index contributed by atoms with van der Waals surface area (Å²) in [6.45, 7) is -0.104. The minimum Gasteiger partial charge on any atom is -0.495 e. The maximum Gasteiger partial charge on any atom is 0.247 e. The number of anilines is 2. The molecule has 1 aliphatic rings. The van der Waals surface area contributed by atoms with Gasteiger partial charge in [0.05, 0.1) is 19.3 Å². The van der Waals surface area contributed by atoms with Crippen molar-refractivity contribution in [2.45, 2.75) is 0 Å². The molecule has 6 nitrogen and oxygen atoms in total. The Hall–Kier alpha value is -3.15. The molecule has 0 bridgehead atoms. The minimum absolute atomic E-state index is 0.104. The van der Waals surface area contributed by atoms with Crippen molar-refractivity contribution in [1.29, 1.82) is 0 Å². The molecule has 2 aromatic rings. The zero-order chi connectivity index (χ0) is 17.1. The Morgan fingerprint density at radius 2 is 1.75 bits per heavy atom. The zero-order valence-corrected chi connectivity index (χ0v) is 13.1. The van der Waals surface area contributed by atoms with Gasteiger partial charge in [-0.3, -0.25) is 14.4 Å². The second-order valence-electron chi connectivity index (χ2n) is 5.35. The molecule has 1 atom stereocenters. The molecule has 122 valence electrons. The number of carbonyl (C=O) groups excluding carboxylic acids is 3. The van der Waals surface area contributed by atoms with Crippen molar-refractivity contribution >= 4 is 29.0 Å². The molecule has 24 heavy (non-hydrogen) atoms. The van der Waals surface area contributed by atoms with Crippen LogP contribution in [0, 0.1) is 5.92 Å². The van der Waals surface area contributed by atoms with Crippen molar-refractivity contribution in [2.24, 2.45) is 5.92 Å². The van der Waals surface area contributed by atoms with Crippen LogP contribution in [0.4, 0.5) is 11.4 Å². The average Bonchev–Trinajstić information content (AvgIpc) is 2.90. The highest BCUT2D eigenvalue weighted by Crippen LogP contribution is 2.27. The highest BCUT2D eigenvalue weighted by atomic mass is 16.5. The lowest BCUT2D eigenvalue weighted by Gasteiger charge is -2.16. The fourth-order valence-corrected chi connectivity index (χ4v) is 2.66. The van der Waals surface area contributed by atoms with E-state index in [9.17, 15) is 14.4 Å². The van der Waals surface area contributed by atoms with E-state index < -0.39 is 23.5 Å². The maximum atomic E-state index is 12.5. The Kier molecular flexibility index (Phi) is 4.29. The van der Waals surface area contributed by atoms with Crippen molar-refractivity contribution in [2.75, 3.05) is 23.9 Å². The smallest absolute Gasteiger partial charge is 0.247 e. The summed E-state index contributed by atoms with van der Waals surface area (Å²) >= 11 is 0. The molecular weight excluding hydrogens is 308 g/mol. The first-order valence-corrected chi connectivity index (χ1v) is 7.45. The number of hydrogen-bond donors (Lipinski definition) is 1. The molecule has 0 unspecified atom stereocenters. The number of ether oxygens (including phenoxy) is 1. The molecule has 0 radical (unpaired) electrons. The number of para-hydroxylation sites is 3. The molecule has 0 aromatic heterocycles. The van der Waals surface area contributed by atoms with Crippen LogP contribution in [0.5, 0.6) is 5.75 Å². The fraction of sp³-hybridized carbons (Fsp3) is 0.167. The summed E-state index contributed by atoms with van der Waals surface area (Å²) in [6.07, 6.45) is 0. The van der Waals surface area contributed by atoms with Gasteiger partial charge in [-0.1, -0.05) is 30.3 Å². The number of hydrogen-bond acceptors (Lipinski definition) is 4. The zero-order valence-electron chi connectivity index (χ0n) is 13.1. The first-order chi connectivity index (χ1) is 11.6. The topological polar surface area (TPSA) is 75.7 Å². The van der Waals surface area contributed by atoms with Gasteiger partial charge >= 0.3 is 0 Å².